The van der Waals surface area contributed by atoms with E-state index >= 15 is 0 Å². The first kappa shape index (κ1) is 9.57. The third kappa shape index (κ3) is 1.92. The molecule has 1 fully saturated rings. The van der Waals surface area contributed by atoms with Gasteiger partial charge in [-0.2, -0.15) is 0 Å². The predicted octanol–water partition coefficient (Wildman–Crippen LogP) is 0.799. The van der Waals surface area contributed by atoms with Crippen molar-refractivity contribution in [2.24, 2.45) is 5.73 Å². The molecule has 0 atom stereocenters. The second-order valence-corrected chi connectivity index (χ2v) is 4.60. The molecule has 0 aliphatic carbocycles. The molecular formula is C8H11N3O2S. The molecule has 0 spiro atoms. The summed E-state index contributed by atoms with van der Waals surface area (Å²) >= 11 is 1.24. The zero-order valence-corrected chi connectivity index (χ0v) is 8.37. The Morgan fingerprint density at radius 1 is 1.64 bits per heavy atom. The van der Waals surface area contributed by atoms with E-state index in [1.54, 1.807) is 6.07 Å². The number of hydrogen-bond acceptors (Lipinski definition) is 5. The van der Waals surface area contributed by atoms with Crippen LogP contribution in [0.4, 0.5) is 5.00 Å². The first-order chi connectivity index (χ1) is 6.65. The molecule has 0 bridgehead atoms. The largest absolute Gasteiger partial charge is 0.325 e. The molecule has 1 aliphatic rings. The highest BCUT2D eigenvalue weighted by atomic mass is 32.1. The van der Waals surface area contributed by atoms with Crippen molar-refractivity contribution in [2.75, 3.05) is 13.1 Å². The molecule has 1 aliphatic heterocycles. The van der Waals surface area contributed by atoms with Gasteiger partial charge in [0.15, 0.2) is 0 Å². The van der Waals surface area contributed by atoms with Crippen LogP contribution in [0.25, 0.3) is 0 Å². The third-order valence-corrected chi connectivity index (χ3v) is 3.21. The fourth-order valence-electron chi connectivity index (χ4n) is 1.51. The molecule has 0 aromatic carbocycles. The standard InChI is InChI=1S/C8H11N3O2S/c9-6-3-10(4-6)5-7-1-2-8(14-7)11(12)13/h1-2,6H,3-5,9H2. The van der Waals surface area contributed by atoms with Gasteiger partial charge in [-0.15, -0.1) is 0 Å². The predicted molar refractivity (Wildman–Crippen MR) is 54.2 cm³/mol. The van der Waals surface area contributed by atoms with Crippen molar-refractivity contribution < 1.29 is 4.92 Å². The molecule has 1 aromatic rings. The Morgan fingerprint density at radius 2 is 2.36 bits per heavy atom. The average Bonchev–Trinajstić information content (AvgIpc) is 2.50. The summed E-state index contributed by atoms with van der Waals surface area (Å²) in [6.45, 7) is 2.57. The number of likely N-dealkylation sites (tertiary alicyclic amines) is 1. The Labute approximate surface area is 85.3 Å². The molecule has 2 N–H and O–H groups in total. The zero-order chi connectivity index (χ0) is 10.1. The van der Waals surface area contributed by atoms with Gasteiger partial charge in [-0.1, -0.05) is 11.3 Å². The molecule has 14 heavy (non-hydrogen) atoms. The van der Waals surface area contributed by atoms with E-state index in [9.17, 15) is 10.1 Å². The summed E-state index contributed by atoms with van der Waals surface area (Å²) < 4.78 is 0. The van der Waals surface area contributed by atoms with Gasteiger partial charge in [0, 0.05) is 36.6 Å². The number of nitrogens with zero attached hydrogens (tertiary/aromatic N) is 2. The summed E-state index contributed by atoms with van der Waals surface area (Å²) in [5.74, 6) is 0. The minimum absolute atomic E-state index is 0.213. The van der Waals surface area contributed by atoms with Crippen LogP contribution < -0.4 is 5.73 Å². The van der Waals surface area contributed by atoms with Gasteiger partial charge in [-0.3, -0.25) is 15.0 Å². The molecular weight excluding hydrogens is 202 g/mol. The highest BCUT2D eigenvalue weighted by Gasteiger charge is 2.23. The molecule has 2 rings (SSSR count). The van der Waals surface area contributed by atoms with Crippen LogP contribution in [0.3, 0.4) is 0 Å². The number of hydrogen-bond donors (Lipinski definition) is 1. The van der Waals surface area contributed by atoms with Gasteiger partial charge in [0.05, 0.1) is 4.92 Å². The quantitative estimate of drug-likeness (QED) is 0.595. The van der Waals surface area contributed by atoms with Crippen molar-refractivity contribution in [2.45, 2.75) is 12.6 Å². The average molecular weight is 213 g/mol. The Morgan fingerprint density at radius 3 is 2.86 bits per heavy atom. The Balaban J connectivity index is 1.93. The molecule has 5 nitrogen and oxygen atoms in total. The molecule has 0 amide bonds. The van der Waals surface area contributed by atoms with Crippen LogP contribution in [-0.2, 0) is 6.54 Å². The van der Waals surface area contributed by atoms with Gasteiger partial charge in [0.25, 0.3) is 0 Å². The van der Waals surface area contributed by atoms with E-state index in [0.29, 0.717) is 0 Å². The SMILES string of the molecule is NC1CN(Cc2ccc([N+](=O)[O-])s2)C1. The number of nitrogens with two attached hydrogens (primary N) is 1. The summed E-state index contributed by atoms with van der Waals surface area (Å²) in [6, 6.07) is 3.65. The molecule has 6 heteroatoms. The van der Waals surface area contributed by atoms with Crippen LogP contribution in [0.1, 0.15) is 4.88 Å². The van der Waals surface area contributed by atoms with Crippen molar-refractivity contribution in [1.29, 1.82) is 0 Å². The van der Waals surface area contributed by atoms with Crippen molar-refractivity contribution in [3.8, 4) is 0 Å². The van der Waals surface area contributed by atoms with E-state index in [1.807, 2.05) is 6.07 Å². The van der Waals surface area contributed by atoms with E-state index in [1.165, 1.54) is 11.3 Å². The minimum atomic E-state index is -0.351. The molecule has 1 aromatic heterocycles. The highest BCUT2D eigenvalue weighted by Crippen LogP contribution is 2.25. The summed E-state index contributed by atoms with van der Waals surface area (Å²) in [7, 11) is 0. The monoisotopic (exact) mass is 213 g/mol. The maximum absolute atomic E-state index is 10.4. The fraction of sp³-hybridized carbons (Fsp3) is 0.500. The molecule has 2 heterocycles. The summed E-state index contributed by atoms with van der Waals surface area (Å²) in [5, 5.41) is 10.6. The lowest BCUT2D eigenvalue weighted by molar-refractivity contribution is -0.380. The first-order valence-corrected chi connectivity index (χ1v) is 5.18. The lowest BCUT2D eigenvalue weighted by Crippen LogP contribution is -2.54. The second kappa shape index (κ2) is 3.64. The summed E-state index contributed by atoms with van der Waals surface area (Å²) in [4.78, 5) is 13.3. The van der Waals surface area contributed by atoms with Crippen LogP contribution >= 0.6 is 11.3 Å². The van der Waals surface area contributed by atoms with Gasteiger partial charge in [0.1, 0.15) is 0 Å². The normalized spacial score (nSPS) is 18.1. The van der Waals surface area contributed by atoms with Crippen molar-refractivity contribution in [3.05, 3.63) is 27.1 Å². The van der Waals surface area contributed by atoms with Crippen LogP contribution in [0.5, 0.6) is 0 Å². The third-order valence-electron chi connectivity index (χ3n) is 2.19. The number of rotatable bonds is 3. The highest BCUT2D eigenvalue weighted by molar-refractivity contribution is 7.15. The first-order valence-electron chi connectivity index (χ1n) is 4.36. The number of thiophene rings is 1. The van der Waals surface area contributed by atoms with E-state index in [4.69, 9.17) is 5.73 Å². The smallest absolute Gasteiger partial charge is 0.324 e. The minimum Gasteiger partial charge on any atom is -0.325 e. The van der Waals surface area contributed by atoms with Crippen molar-refractivity contribution >= 4 is 16.3 Å². The van der Waals surface area contributed by atoms with Gasteiger partial charge >= 0.3 is 5.00 Å². The Hall–Kier alpha value is -0.980. The van der Waals surface area contributed by atoms with E-state index in [2.05, 4.69) is 4.90 Å². The Kier molecular flexibility index (Phi) is 2.49. The molecule has 0 unspecified atom stereocenters. The van der Waals surface area contributed by atoms with Crippen LogP contribution in [-0.4, -0.2) is 29.0 Å². The van der Waals surface area contributed by atoms with Crippen molar-refractivity contribution in [3.63, 3.8) is 0 Å². The fourth-order valence-corrected chi connectivity index (χ4v) is 2.37. The molecule has 1 saturated heterocycles. The second-order valence-electron chi connectivity index (χ2n) is 3.45. The number of nitro groups is 1. The maximum Gasteiger partial charge on any atom is 0.324 e. The van der Waals surface area contributed by atoms with E-state index < -0.39 is 0 Å². The van der Waals surface area contributed by atoms with Crippen molar-refractivity contribution in [1.82, 2.24) is 4.90 Å². The van der Waals surface area contributed by atoms with Gasteiger partial charge in [-0.25, -0.2) is 0 Å². The maximum atomic E-state index is 10.4. The van der Waals surface area contributed by atoms with Crippen LogP contribution in [0, 0.1) is 10.1 Å². The summed E-state index contributed by atoms with van der Waals surface area (Å²) in [6.07, 6.45) is 0. The summed E-state index contributed by atoms with van der Waals surface area (Å²) in [5.41, 5.74) is 5.63. The van der Waals surface area contributed by atoms with E-state index in [0.717, 1.165) is 24.5 Å². The zero-order valence-electron chi connectivity index (χ0n) is 7.55. The van der Waals surface area contributed by atoms with Gasteiger partial charge in [0.2, 0.25) is 0 Å². The topological polar surface area (TPSA) is 72.4 Å². The molecule has 76 valence electrons. The lowest BCUT2D eigenvalue weighted by atomic mass is 10.1. The Bertz CT molecular complexity index is 346. The van der Waals surface area contributed by atoms with E-state index in [-0.39, 0.29) is 16.0 Å². The van der Waals surface area contributed by atoms with Crippen LogP contribution in [0.15, 0.2) is 12.1 Å². The van der Waals surface area contributed by atoms with Gasteiger partial charge in [-0.05, 0) is 6.07 Å². The molecule has 0 radical (unpaired) electrons. The van der Waals surface area contributed by atoms with Crippen LogP contribution in [0.2, 0.25) is 0 Å². The lowest BCUT2D eigenvalue weighted by Gasteiger charge is -2.36. The molecule has 0 saturated carbocycles. The van der Waals surface area contributed by atoms with Gasteiger partial charge < -0.3 is 5.73 Å².